The molecule has 3 aromatic rings. The molecule has 0 saturated carbocycles. The minimum absolute atomic E-state index is 0.198. The minimum Gasteiger partial charge on any atom is -0.342 e. The first-order valence-electron chi connectivity index (χ1n) is 10.8. The maximum atomic E-state index is 13.3. The SMILES string of the molecule is CCN(CC)C(=O)[C@H](c1ccccc1)N1CCN(Cc2nc3ccccc3s2)CC1. The van der Waals surface area contributed by atoms with Crippen LogP contribution in [0.4, 0.5) is 0 Å². The van der Waals surface area contributed by atoms with Gasteiger partial charge in [-0.05, 0) is 31.5 Å². The fourth-order valence-electron chi connectivity index (χ4n) is 4.21. The van der Waals surface area contributed by atoms with Crippen LogP contribution >= 0.6 is 11.3 Å². The van der Waals surface area contributed by atoms with Crippen molar-refractivity contribution < 1.29 is 4.79 Å². The van der Waals surface area contributed by atoms with Crippen LogP contribution in [-0.2, 0) is 11.3 Å². The zero-order valence-corrected chi connectivity index (χ0v) is 18.6. The number of likely N-dealkylation sites (N-methyl/N-ethyl adjacent to an activating group) is 1. The highest BCUT2D eigenvalue weighted by molar-refractivity contribution is 7.18. The maximum absolute atomic E-state index is 13.3. The van der Waals surface area contributed by atoms with Crippen molar-refractivity contribution in [3.63, 3.8) is 0 Å². The molecule has 1 aliphatic heterocycles. The Balaban J connectivity index is 1.45. The molecule has 0 aliphatic carbocycles. The molecule has 5 nitrogen and oxygen atoms in total. The number of amides is 1. The highest BCUT2D eigenvalue weighted by atomic mass is 32.1. The van der Waals surface area contributed by atoms with Gasteiger partial charge in [0.05, 0.1) is 16.8 Å². The van der Waals surface area contributed by atoms with Crippen LogP contribution in [0.3, 0.4) is 0 Å². The number of thiazole rings is 1. The van der Waals surface area contributed by atoms with Crippen LogP contribution in [0.2, 0.25) is 0 Å². The summed E-state index contributed by atoms with van der Waals surface area (Å²) in [5, 5.41) is 1.17. The summed E-state index contributed by atoms with van der Waals surface area (Å²) in [6, 6.07) is 18.4. The molecule has 1 aliphatic rings. The lowest BCUT2D eigenvalue weighted by atomic mass is 10.0. The van der Waals surface area contributed by atoms with E-state index in [1.165, 1.54) is 9.71 Å². The maximum Gasteiger partial charge on any atom is 0.244 e. The second kappa shape index (κ2) is 9.69. The Bertz CT molecular complexity index is 929. The summed E-state index contributed by atoms with van der Waals surface area (Å²) in [4.78, 5) is 24.9. The second-order valence-corrected chi connectivity index (χ2v) is 8.83. The summed E-state index contributed by atoms with van der Waals surface area (Å²) in [5.41, 5.74) is 2.18. The molecule has 0 N–H and O–H groups in total. The summed E-state index contributed by atoms with van der Waals surface area (Å²) in [6.07, 6.45) is 0. The molecule has 1 fully saturated rings. The van der Waals surface area contributed by atoms with Crippen molar-refractivity contribution in [1.82, 2.24) is 19.7 Å². The van der Waals surface area contributed by atoms with E-state index in [2.05, 4.69) is 54.0 Å². The molecule has 6 heteroatoms. The minimum atomic E-state index is -0.198. The summed E-state index contributed by atoms with van der Waals surface area (Å²) in [7, 11) is 0. The molecule has 0 radical (unpaired) electrons. The molecule has 1 aromatic heterocycles. The Morgan fingerprint density at radius 3 is 2.33 bits per heavy atom. The van der Waals surface area contributed by atoms with Gasteiger partial charge in [0.1, 0.15) is 11.0 Å². The predicted octanol–water partition coefficient (Wildman–Crippen LogP) is 4.02. The zero-order chi connectivity index (χ0) is 20.9. The summed E-state index contributed by atoms with van der Waals surface area (Å²) >= 11 is 1.78. The van der Waals surface area contributed by atoms with E-state index in [4.69, 9.17) is 4.98 Å². The van der Waals surface area contributed by atoms with Crippen LogP contribution in [0.5, 0.6) is 0 Å². The van der Waals surface area contributed by atoms with Crippen LogP contribution in [0.1, 0.15) is 30.5 Å². The summed E-state index contributed by atoms with van der Waals surface area (Å²) < 4.78 is 1.25. The number of carbonyl (C=O) groups excluding carboxylic acids is 1. The first-order chi connectivity index (χ1) is 14.7. The van der Waals surface area contributed by atoms with E-state index in [9.17, 15) is 4.79 Å². The molecule has 2 aromatic carbocycles. The lowest BCUT2D eigenvalue weighted by Crippen LogP contribution is -2.51. The van der Waals surface area contributed by atoms with Crippen molar-refractivity contribution in [1.29, 1.82) is 0 Å². The molecular weight excluding hydrogens is 392 g/mol. The van der Waals surface area contributed by atoms with Crippen LogP contribution in [-0.4, -0.2) is 64.9 Å². The molecular formula is C24H30N4OS. The van der Waals surface area contributed by atoms with E-state index in [0.29, 0.717) is 0 Å². The van der Waals surface area contributed by atoms with E-state index >= 15 is 0 Å². The molecule has 1 atom stereocenters. The fourth-order valence-corrected chi connectivity index (χ4v) is 5.22. The van der Waals surface area contributed by atoms with Crippen molar-refractivity contribution in [2.24, 2.45) is 0 Å². The average molecular weight is 423 g/mol. The summed E-state index contributed by atoms with van der Waals surface area (Å²) in [6.45, 7) is 10.2. The van der Waals surface area contributed by atoms with Crippen LogP contribution < -0.4 is 0 Å². The van der Waals surface area contributed by atoms with Gasteiger partial charge in [-0.3, -0.25) is 14.6 Å². The molecule has 0 unspecified atom stereocenters. The Hall–Kier alpha value is -2.28. The lowest BCUT2D eigenvalue weighted by Gasteiger charge is -2.40. The number of rotatable bonds is 7. The van der Waals surface area contributed by atoms with Gasteiger partial charge >= 0.3 is 0 Å². The third kappa shape index (κ3) is 4.56. The number of piperazine rings is 1. The molecule has 1 amide bonds. The monoisotopic (exact) mass is 422 g/mol. The average Bonchev–Trinajstić information content (AvgIpc) is 3.19. The van der Waals surface area contributed by atoms with Gasteiger partial charge in [-0.25, -0.2) is 4.98 Å². The van der Waals surface area contributed by atoms with Crippen LogP contribution in [0.25, 0.3) is 10.2 Å². The van der Waals surface area contributed by atoms with E-state index < -0.39 is 0 Å². The number of benzene rings is 2. The van der Waals surface area contributed by atoms with Crippen LogP contribution in [0, 0.1) is 0 Å². The van der Waals surface area contributed by atoms with Gasteiger partial charge in [0, 0.05) is 39.3 Å². The van der Waals surface area contributed by atoms with Gasteiger partial charge in [0.2, 0.25) is 5.91 Å². The third-order valence-corrected chi connectivity index (χ3v) is 6.91. The molecule has 0 spiro atoms. The number of hydrogen-bond acceptors (Lipinski definition) is 5. The quantitative estimate of drug-likeness (QED) is 0.576. The second-order valence-electron chi connectivity index (χ2n) is 7.71. The standard InChI is InChI=1S/C24H30N4OS/c1-3-27(4-2)24(29)23(19-10-6-5-7-11-19)28-16-14-26(15-17-28)18-22-25-20-12-8-9-13-21(20)30-22/h5-13,23H,3-4,14-18H2,1-2H3/t23-/m0/s1. The van der Waals surface area contributed by atoms with E-state index in [1.807, 2.05) is 29.2 Å². The highest BCUT2D eigenvalue weighted by Gasteiger charge is 2.32. The number of fused-ring (bicyclic) bond motifs is 1. The van der Waals surface area contributed by atoms with Crippen molar-refractivity contribution >= 4 is 27.5 Å². The number of para-hydroxylation sites is 1. The van der Waals surface area contributed by atoms with Crippen molar-refractivity contribution in [2.45, 2.75) is 26.4 Å². The highest BCUT2D eigenvalue weighted by Crippen LogP contribution is 2.26. The topological polar surface area (TPSA) is 39.7 Å². The van der Waals surface area contributed by atoms with Gasteiger partial charge in [0.25, 0.3) is 0 Å². The number of hydrogen-bond donors (Lipinski definition) is 0. The van der Waals surface area contributed by atoms with Gasteiger partial charge in [0.15, 0.2) is 0 Å². The van der Waals surface area contributed by atoms with Gasteiger partial charge in [-0.1, -0.05) is 42.5 Å². The van der Waals surface area contributed by atoms with E-state index in [0.717, 1.165) is 56.9 Å². The van der Waals surface area contributed by atoms with Crippen LogP contribution in [0.15, 0.2) is 54.6 Å². The number of aromatic nitrogens is 1. The first kappa shape index (κ1) is 21.0. The van der Waals surface area contributed by atoms with Crippen molar-refractivity contribution in [3.05, 3.63) is 65.2 Å². The van der Waals surface area contributed by atoms with Crippen molar-refractivity contribution in [3.8, 4) is 0 Å². The van der Waals surface area contributed by atoms with E-state index in [1.54, 1.807) is 11.3 Å². The van der Waals surface area contributed by atoms with Gasteiger partial charge in [-0.2, -0.15) is 0 Å². The molecule has 158 valence electrons. The molecule has 30 heavy (non-hydrogen) atoms. The smallest absolute Gasteiger partial charge is 0.244 e. The first-order valence-corrected chi connectivity index (χ1v) is 11.7. The predicted molar refractivity (Wildman–Crippen MR) is 124 cm³/mol. The Morgan fingerprint density at radius 2 is 1.67 bits per heavy atom. The van der Waals surface area contributed by atoms with E-state index in [-0.39, 0.29) is 11.9 Å². The number of nitrogens with zero attached hydrogens (tertiary/aromatic N) is 4. The van der Waals surface area contributed by atoms with Gasteiger partial charge in [-0.15, -0.1) is 11.3 Å². The lowest BCUT2D eigenvalue weighted by molar-refractivity contribution is -0.137. The third-order valence-electron chi connectivity index (χ3n) is 5.89. The fraction of sp³-hybridized carbons (Fsp3) is 0.417. The molecule has 0 bridgehead atoms. The largest absolute Gasteiger partial charge is 0.342 e. The molecule has 4 rings (SSSR count). The zero-order valence-electron chi connectivity index (χ0n) is 17.8. The Kier molecular flexibility index (Phi) is 6.77. The Morgan fingerprint density at radius 1 is 1.00 bits per heavy atom. The van der Waals surface area contributed by atoms with Crippen molar-refractivity contribution in [2.75, 3.05) is 39.3 Å². The summed E-state index contributed by atoms with van der Waals surface area (Å²) in [5.74, 6) is 0.214. The normalized spacial score (nSPS) is 16.6. The number of carbonyl (C=O) groups is 1. The molecule has 1 saturated heterocycles. The molecule has 2 heterocycles. The van der Waals surface area contributed by atoms with Gasteiger partial charge < -0.3 is 4.90 Å². The Labute approximate surface area is 182 Å².